The zero-order chi connectivity index (χ0) is 17.7. The number of hydrogen-bond acceptors (Lipinski definition) is 4. The first kappa shape index (κ1) is 22.1. The average molecular weight is 328 g/mol. The fourth-order valence-electron chi connectivity index (χ4n) is 2.19. The van der Waals surface area contributed by atoms with Gasteiger partial charge in [-0.05, 0) is 46.1 Å². The minimum atomic E-state index is -1.26. The molecule has 0 atom stereocenters. The number of aliphatic hydroxyl groups is 1. The number of nitrogens with one attached hydrogen (secondary N) is 2. The molecule has 0 spiro atoms. The van der Waals surface area contributed by atoms with Crippen LogP contribution in [0.15, 0.2) is 0 Å². The van der Waals surface area contributed by atoms with E-state index < -0.39 is 5.60 Å². The van der Waals surface area contributed by atoms with Gasteiger partial charge in [-0.15, -0.1) is 0 Å². The van der Waals surface area contributed by atoms with E-state index >= 15 is 0 Å². The van der Waals surface area contributed by atoms with E-state index in [2.05, 4.69) is 24.5 Å². The number of Topliss-reactive ketones (excluding diaryl/α,β-unsaturated/α-hetero) is 1. The average Bonchev–Trinajstić information content (AvgIpc) is 2.44. The lowest BCUT2D eigenvalue weighted by Crippen LogP contribution is -2.30. The molecule has 0 aromatic carbocycles. The summed E-state index contributed by atoms with van der Waals surface area (Å²) in [6.07, 6.45) is 6.66. The van der Waals surface area contributed by atoms with E-state index in [-0.39, 0.29) is 11.7 Å². The van der Waals surface area contributed by atoms with Crippen molar-refractivity contribution in [1.29, 1.82) is 0 Å². The van der Waals surface area contributed by atoms with Crippen LogP contribution in [0.2, 0.25) is 0 Å². The predicted molar refractivity (Wildman–Crippen MR) is 94.4 cm³/mol. The number of unbranched alkanes of at least 4 members (excludes halogenated alkanes) is 4. The zero-order valence-corrected chi connectivity index (χ0v) is 15.4. The molecule has 0 heterocycles. The number of carbonyl (C=O) groups excluding carboxylic acids is 2. The molecule has 1 amide bonds. The van der Waals surface area contributed by atoms with Crippen molar-refractivity contribution in [2.24, 2.45) is 0 Å². The van der Waals surface area contributed by atoms with Gasteiger partial charge in [0, 0.05) is 25.4 Å². The van der Waals surface area contributed by atoms with Crippen molar-refractivity contribution in [3.63, 3.8) is 0 Å². The second-order valence-electron chi connectivity index (χ2n) is 7.06. The topological polar surface area (TPSA) is 78.4 Å². The first-order valence-corrected chi connectivity index (χ1v) is 8.99. The molecule has 3 N–H and O–H groups in total. The zero-order valence-electron chi connectivity index (χ0n) is 15.4. The van der Waals surface area contributed by atoms with Crippen molar-refractivity contribution in [3.05, 3.63) is 0 Å². The quantitative estimate of drug-likeness (QED) is 0.428. The van der Waals surface area contributed by atoms with Gasteiger partial charge in [-0.1, -0.05) is 26.7 Å². The van der Waals surface area contributed by atoms with Gasteiger partial charge >= 0.3 is 0 Å². The first-order valence-electron chi connectivity index (χ1n) is 8.99. The van der Waals surface area contributed by atoms with Crippen molar-refractivity contribution in [3.8, 4) is 0 Å². The van der Waals surface area contributed by atoms with E-state index in [1.54, 1.807) is 0 Å². The minimum absolute atomic E-state index is 0.0576. The van der Waals surface area contributed by atoms with Gasteiger partial charge in [0.05, 0.1) is 0 Å². The van der Waals surface area contributed by atoms with Crippen LogP contribution in [0.25, 0.3) is 0 Å². The molecule has 0 unspecified atom stereocenters. The van der Waals surface area contributed by atoms with Crippen molar-refractivity contribution < 1.29 is 14.7 Å². The Kier molecular flexibility index (Phi) is 12.0. The molecule has 136 valence electrons. The predicted octanol–water partition coefficient (Wildman–Crippen LogP) is 2.56. The van der Waals surface area contributed by atoms with Crippen molar-refractivity contribution >= 4 is 11.7 Å². The third-order valence-corrected chi connectivity index (χ3v) is 3.72. The van der Waals surface area contributed by atoms with Crippen LogP contribution in [0.4, 0.5) is 0 Å². The van der Waals surface area contributed by atoms with Crippen LogP contribution in [0.3, 0.4) is 0 Å². The molecule has 0 aliphatic heterocycles. The number of amides is 1. The van der Waals surface area contributed by atoms with Gasteiger partial charge in [0.15, 0.2) is 5.78 Å². The molecule has 0 saturated carbocycles. The highest BCUT2D eigenvalue weighted by Crippen LogP contribution is 2.10. The maximum Gasteiger partial charge on any atom is 0.219 e. The normalized spacial score (nSPS) is 11.7. The summed E-state index contributed by atoms with van der Waals surface area (Å²) in [4.78, 5) is 23.1. The summed E-state index contributed by atoms with van der Waals surface area (Å²) < 4.78 is 0. The summed E-state index contributed by atoms with van der Waals surface area (Å²) in [6.45, 7) is 9.10. The van der Waals surface area contributed by atoms with Gasteiger partial charge in [-0.25, -0.2) is 0 Å². The third-order valence-electron chi connectivity index (χ3n) is 3.72. The monoisotopic (exact) mass is 328 g/mol. The maximum atomic E-state index is 11.6. The smallest absolute Gasteiger partial charge is 0.219 e. The molecule has 0 aliphatic carbocycles. The Morgan fingerprint density at radius 2 is 1.48 bits per heavy atom. The second kappa shape index (κ2) is 12.5. The van der Waals surface area contributed by atoms with E-state index in [1.807, 2.05) is 0 Å². The Morgan fingerprint density at radius 3 is 2.04 bits per heavy atom. The fraction of sp³-hybridized carbons (Fsp3) is 0.889. The molecule has 0 fully saturated rings. The Labute approximate surface area is 141 Å². The number of carbonyl (C=O) groups is 2. The lowest BCUT2D eigenvalue weighted by molar-refractivity contribution is -0.134. The summed E-state index contributed by atoms with van der Waals surface area (Å²) in [5.41, 5.74) is -1.26. The lowest BCUT2D eigenvalue weighted by Gasteiger charge is -2.14. The first-order chi connectivity index (χ1) is 10.7. The summed E-state index contributed by atoms with van der Waals surface area (Å²) in [6, 6.07) is 0.549. The fourth-order valence-corrected chi connectivity index (χ4v) is 2.19. The highest BCUT2D eigenvalue weighted by Gasteiger charge is 2.22. The van der Waals surface area contributed by atoms with Gasteiger partial charge < -0.3 is 15.7 Å². The molecular formula is C18H36N2O3. The summed E-state index contributed by atoms with van der Waals surface area (Å²) in [5.74, 6) is -0.105. The molecule has 0 saturated heterocycles. The minimum Gasteiger partial charge on any atom is -0.383 e. The van der Waals surface area contributed by atoms with Gasteiger partial charge in [0.25, 0.3) is 0 Å². The molecule has 5 heteroatoms. The molecule has 0 rings (SSSR count). The molecule has 0 bridgehead atoms. The van der Waals surface area contributed by atoms with Crippen LogP contribution < -0.4 is 10.6 Å². The van der Waals surface area contributed by atoms with E-state index in [0.29, 0.717) is 31.7 Å². The van der Waals surface area contributed by atoms with E-state index in [1.165, 1.54) is 26.7 Å². The number of ketones is 1. The van der Waals surface area contributed by atoms with Gasteiger partial charge in [0.2, 0.25) is 5.91 Å². The standard InChI is InChI=1S/C18H36N2O3/c1-15(2)19-13-9-5-6-10-14-20-17(22)12-8-7-11-16(21)18(3,4)23/h15,19,23H,5-14H2,1-4H3,(H,20,22). The molecule has 23 heavy (non-hydrogen) atoms. The van der Waals surface area contributed by atoms with E-state index in [0.717, 1.165) is 25.9 Å². The SMILES string of the molecule is CC(C)NCCCCCCNC(=O)CCCCC(=O)C(C)(C)O. The maximum absolute atomic E-state index is 11.6. The van der Waals surface area contributed by atoms with Crippen LogP contribution in [0.1, 0.15) is 79.1 Å². The van der Waals surface area contributed by atoms with Gasteiger partial charge in [0.1, 0.15) is 5.60 Å². The van der Waals surface area contributed by atoms with Crippen LogP contribution in [0.5, 0.6) is 0 Å². The Hall–Kier alpha value is -0.940. The van der Waals surface area contributed by atoms with Crippen LogP contribution in [0, 0.1) is 0 Å². The molecule has 0 radical (unpaired) electrons. The van der Waals surface area contributed by atoms with Crippen LogP contribution in [-0.4, -0.2) is 41.5 Å². The Morgan fingerprint density at radius 1 is 0.913 bits per heavy atom. The lowest BCUT2D eigenvalue weighted by atomic mass is 9.98. The van der Waals surface area contributed by atoms with E-state index in [4.69, 9.17) is 0 Å². The largest absolute Gasteiger partial charge is 0.383 e. The van der Waals surface area contributed by atoms with E-state index in [9.17, 15) is 14.7 Å². The number of hydrogen-bond donors (Lipinski definition) is 3. The van der Waals surface area contributed by atoms with Crippen LogP contribution in [-0.2, 0) is 9.59 Å². The Balaban J connectivity index is 3.40. The highest BCUT2D eigenvalue weighted by atomic mass is 16.3. The van der Waals surface area contributed by atoms with Crippen LogP contribution >= 0.6 is 0 Å². The molecular weight excluding hydrogens is 292 g/mol. The third kappa shape index (κ3) is 14.4. The molecule has 0 aliphatic rings. The second-order valence-corrected chi connectivity index (χ2v) is 7.06. The summed E-state index contributed by atoms with van der Waals surface area (Å²) in [5, 5.41) is 15.8. The van der Waals surface area contributed by atoms with Crippen molar-refractivity contribution in [2.75, 3.05) is 13.1 Å². The molecule has 0 aromatic heterocycles. The summed E-state index contributed by atoms with van der Waals surface area (Å²) in [7, 11) is 0. The number of rotatable bonds is 14. The molecule has 0 aromatic rings. The summed E-state index contributed by atoms with van der Waals surface area (Å²) >= 11 is 0. The molecule has 5 nitrogen and oxygen atoms in total. The Bertz CT molecular complexity index is 336. The highest BCUT2D eigenvalue weighted by molar-refractivity contribution is 5.86. The van der Waals surface area contributed by atoms with Gasteiger partial charge in [-0.3, -0.25) is 9.59 Å². The van der Waals surface area contributed by atoms with Crippen molar-refractivity contribution in [1.82, 2.24) is 10.6 Å². The van der Waals surface area contributed by atoms with Crippen molar-refractivity contribution in [2.45, 2.75) is 90.7 Å². The van der Waals surface area contributed by atoms with Gasteiger partial charge in [-0.2, -0.15) is 0 Å².